The van der Waals surface area contributed by atoms with Crippen LogP contribution in [0.25, 0.3) is 44.7 Å². The molecule has 0 bridgehead atoms. The van der Waals surface area contributed by atoms with Crippen LogP contribution in [-0.2, 0) is 0 Å². The molecule has 0 fully saturated rings. The van der Waals surface area contributed by atoms with Gasteiger partial charge in [0.2, 0.25) is 0 Å². The van der Waals surface area contributed by atoms with Gasteiger partial charge in [-0.2, -0.15) is 0 Å². The van der Waals surface area contributed by atoms with E-state index in [2.05, 4.69) is 40.6 Å². The predicted molar refractivity (Wildman–Crippen MR) is 176 cm³/mol. The van der Waals surface area contributed by atoms with Crippen molar-refractivity contribution in [1.82, 2.24) is 15.0 Å². The summed E-state index contributed by atoms with van der Waals surface area (Å²) in [5.41, 5.74) is 8.38. The second kappa shape index (κ2) is 11.5. The Bertz CT molecular complexity index is 2000. The van der Waals surface area contributed by atoms with Crippen LogP contribution < -0.4 is 5.32 Å². The number of anilines is 2. The molecule has 2 N–H and O–H groups in total. The highest BCUT2D eigenvalue weighted by molar-refractivity contribution is 6.21. The lowest BCUT2D eigenvalue weighted by molar-refractivity contribution is 1.18. The summed E-state index contributed by atoms with van der Waals surface area (Å²) in [6.07, 6.45) is 3.51. The molecule has 0 unspecified atom stereocenters. The maximum Gasteiger partial charge on any atom is 0.160 e. The van der Waals surface area contributed by atoms with Gasteiger partial charge in [0.1, 0.15) is 0 Å². The van der Waals surface area contributed by atoms with Crippen LogP contribution in [0.5, 0.6) is 0 Å². The van der Waals surface area contributed by atoms with E-state index in [1.165, 1.54) is 0 Å². The topological polar surface area (TPSA) is 74.6 Å². The van der Waals surface area contributed by atoms with Gasteiger partial charge in [0.25, 0.3) is 0 Å². The third-order valence-electron chi connectivity index (χ3n) is 7.41. The van der Waals surface area contributed by atoms with Gasteiger partial charge in [0, 0.05) is 51.6 Å². The van der Waals surface area contributed by atoms with Crippen LogP contribution >= 0.6 is 0 Å². The minimum atomic E-state index is 0.427. The number of benzene rings is 5. The predicted octanol–water partition coefficient (Wildman–Crippen LogP) is 9.19. The van der Waals surface area contributed by atoms with E-state index in [0.717, 1.165) is 61.4 Å². The van der Waals surface area contributed by atoms with Crippen molar-refractivity contribution in [3.8, 4) is 33.9 Å². The van der Waals surface area contributed by atoms with Crippen LogP contribution in [0.1, 0.15) is 11.1 Å². The molecule has 204 valence electrons. The monoisotopic (exact) mass is 553 g/mol. The number of pyridine rings is 1. The van der Waals surface area contributed by atoms with E-state index in [4.69, 9.17) is 9.97 Å². The zero-order valence-corrected chi connectivity index (χ0v) is 23.3. The van der Waals surface area contributed by atoms with Crippen molar-refractivity contribution in [2.45, 2.75) is 0 Å². The first kappa shape index (κ1) is 26.0. The Balaban J connectivity index is 1.34. The quantitative estimate of drug-likeness (QED) is 0.193. The molecule has 0 aliphatic carbocycles. The van der Waals surface area contributed by atoms with Gasteiger partial charge in [-0.3, -0.25) is 10.4 Å². The van der Waals surface area contributed by atoms with E-state index < -0.39 is 0 Å². The number of aromatic nitrogens is 3. The highest BCUT2D eigenvalue weighted by Crippen LogP contribution is 2.33. The first-order valence-corrected chi connectivity index (χ1v) is 14.1. The molecule has 2 heterocycles. The van der Waals surface area contributed by atoms with Crippen molar-refractivity contribution in [3.05, 3.63) is 163 Å². The number of nitrogens with zero attached hydrogens (tertiary/aromatic N) is 3. The first-order chi connectivity index (χ1) is 21.2. The largest absolute Gasteiger partial charge is 0.355 e. The molecule has 7 aromatic rings. The van der Waals surface area contributed by atoms with Crippen LogP contribution in [0.3, 0.4) is 0 Å². The molecule has 0 radical (unpaired) electrons. The van der Waals surface area contributed by atoms with Crippen LogP contribution in [0.4, 0.5) is 11.4 Å². The van der Waals surface area contributed by atoms with E-state index in [0.29, 0.717) is 11.5 Å². The fraction of sp³-hybridized carbons (Fsp3) is 0. The molecule has 0 saturated carbocycles. The minimum absolute atomic E-state index is 0.427. The molecule has 0 spiro atoms. The maximum absolute atomic E-state index is 9.49. The van der Waals surface area contributed by atoms with Gasteiger partial charge in [-0.25, -0.2) is 9.97 Å². The number of fused-ring (bicyclic) bond motifs is 1. The second-order valence-corrected chi connectivity index (χ2v) is 10.2. The molecule has 0 aliphatic rings. The highest BCUT2D eigenvalue weighted by Gasteiger charge is 2.17. The van der Waals surface area contributed by atoms with Crippen molar-refractivity contribution < 1.29 is 0 Å². The van der Waals surface area contributed by atoms with Crippen LogP contribution in [0.15, 0.2) is 152 Å². The van der Waals surface area contributed by atoms with Crippen molar-refractivity contribution in [1.29, 1.82) is 5.41 Å². The van der Waals surface area contributed by atoms with E-state index in [1.807, 2.05) is 109 Å². The van der Waals surface area contributed by atoms with Gasteiger partial charge < -0.3 is 5.32 Å². The summed E-state index contributed by atoms with van der Waals surface area (Å²) < 4.78 is 0. The fourth-order valence-electron chi connectivity index (χ4n) is 5.28. The normalized spacial score (nSPS) is 10.9. The average molecular weight is 554 g/mol. The standard InChI is InChI=1S/C38H27N5/c39-37(36-32-17-8-7-10-26(32)18-19-33(36)41-31-20-22-40-23-21-31)30-16-9-15-29(24-30)35-25-34(27-11-3-1-4-12-27)42-38(43-35)28-13-5-2-6-14-28/h1-25,39H,(H,40,41). The third kappa shape index (κ3) is 5.39. The van der Waals surface area contributed by atoms with E-state index in [9.17, 15) is 5.41 Å². The van der Waals surface area contributed by atoms with Crippen LogP contribution in [0, 0.1) is 5.41 Å². The first-order valence-electron chi connectivity index (χ1n) is 14.1. The van der Waals surface area contributed by atoms with E-state index in [-0.39, 0.29) is 0 Å². The molecule has 2 aromatic heterocycles. The summed E-state index contributed by atoms with van der Waals surface area (Å²) in [6, 6.07) is 46.5. The Morgan fingerprint density at radius 3 is 1.98 bits per heavy atom. The van der Waals surface area contributed by atoms with Gasteiger partial charge in [0.15, 0.2) is 5.82 Å². The maximum atomic E-state index is 9.49. The molecule has 0 amide bonds. The second-order valence-electron chi connectivity index (χ2n) is 10.2. The molecule has 0 aliphatic heterocycles. The van der Waals surface area contributed by atoms with Gasteiger partial charge >= 0.3 is 0 Å². The Morgan fingerprint density at radius 2 is 1.21 bits per heavy atom. The number of hydrogen-bond acceptors (Lipinski definition) is 5. The summed E-state index contributed by atoms with van der Waals surface area (Å²) in [7, 11) is 0. The summed E-state index contributed by atoms with van der Waals surface area (Å²) in [5.74, 6) is 0.662. The number of rotatable bonds is 7. The molecular formula is C38H27N5. The minimum Gasteiger partial charge on any atom is -0.355 e. The zero-order chi connectivity index (χ0) is 29.0. The molecule has 0 saturated heterocycles. The Morgan fingerprint density at radius 1 is 0.558 bits per heavy atom. The molecule has 5 heteroatoms. The van der Waals surface area contributed by atoms with Crippen molar-refractivity contribution in [3.63, 3.8) is 0 Å². The zero-order valence-electron chi connectivity index (χ0n) is 23.3. The van der Waals surface area contributed by atoms with E-state index in [1.54, 1.807) is 12.4 Å². The average Bonchev–Trinajstić information content (AvgIpc) is 3.09. The number of hydrogen-bond donors (Lipinski definition) is 2. The molecule has 5 nitrogen and oxygen atoms in total. The molecule has 5 aromatic carbocycles. The van der Waals surface area contributed by atoms with Crippen molar-refractivity contribution >= 4 is 27.9 Å². The molecule has 43 heavy (non-hydrogen) atoms. The number of nitrogens with one attached hydrogen (secondary N) is 2. The lowest BCUT2D eigenvalue weighted by Gasteiger charge is -2.17. The summed E-state index contributed by atoms with van der Waals surface area (Å²) >= 11 is 0. The van der Waals surface area contributed by atoms with Crippen molar-refractivity contribution in [2.24, 2.45) is 0 Å². The SMILES string of the molecule is N=C(c1cccc(-c2cc(-c3ccccc3)nc(-c3ccccc3)n2)c1)c1c(Nc2ccncc2)ccc2ccccc12. The molecular weight excluding hydrogens is 526 g/mol. The van der Waals surface area contributed by atoms with Gasteiger partial charge in [-0.15, -0.1) is 0 Å². The van der Waals surface area contributed by atoms with E-state index >= 15 is 0 Å². The molecule has 0 atom stereocenters. The Kier molecular flexibility index (Phi) is 6.96. The summed E-state index contributed by atoms with van der Waals surface area (Å²) in [4.78, 5) is 14.1. The van der Waals surface area contributed by atoms with Gasteiger partial charge in [-0.1, -0.05) is 109 Å². The summed E-state index contributed by atoms with van der Waals surface area (Å²) in [6.45, 7) is 0. The lowest BCUT2D eigenvalue weighted by atomic mass is 9.93. The van der Waals surface area contributed by atoms with Crippen LogP contribution in [-0.4, -0.2) is 20.7 Å². The highest BCUT2D eigenvalue weighted by atomic mass is 14.9. The molecule has 7 rings (SSSR count). The van der Waals surface area contributed by atoms with Crippen molar-refractivity contribution in [2.75, 3.05) is 5.32 Å². The lowest BCUT2D eigenvalue weighted by Crippen LogP contribution is -2.07. The summed E-state index contributed by atoms with van der Waals surface area (Å²) in [5, 5.41) is 15.1. The van der Waals surface area contributed by atoms with Gasteiger partial charge in [-0.05, 0) is 41.1 Å². The Labute approximate surface area is 250 Å². The van der Waals surface area contributed by atoms with Crippen LogP contribution in [0.2, 0.25) is 0 Å². The fourth-order valence-corrected chi connectivity index (χ4v) is 5.28. The Hall–Kier alpha value is -5.94. The third-order valence-corrected chi connectivity index (χ3v) is 7.41. The smallest absolute Gasteiger partial charge is 0.160 e. The van der Waals surface area contributed by atoms with Gasteiger partial charge in [0.05, 0.1) is 17.1 Å².